The van der Waals surface area contributed by atoms with Gasteiger partial charge >= 0.3 is 0 Å². The Bertz CT molecular complexity index is 793. The number of halogens is 1. The fourth-order valence-corrected chi connectivity index (χ4v) is 2.36. The lowest BCUT2D eigenvalue weighted by atomic mass is 10.1. The number of hydrogen-bond acceptors (Lipinski definition) is 3. The van der Waals surface area contributed by atoms with E-state index >= 15 is 0 Å². The van der Waals surface area contributed by atoms with Crippen LogP contribution in [0.4, 0.5) is 5.69 Å². The molecule has 0 atom stereocenters. The van der Waals surface area contributed by atoms with E-state index in [9.17, 15) is 4.79 Å². The molecule has 112 valence electrons. The second-order valence-corrected chi connectivity index (χ2v) is 5.38. The van der Waals surface area contributed by atoms with E-state index in [1.165, 1.54) is 0 Å². The Kier molecular flexibility index (Phi) is 4.11. The molecule has 1 amide bonds. The Balaban J connectivity index is 1.95. The minimum atomic E-state index is -0.104. The minimum absolute atomic E-state index is 0.104. The van der Waals surface area contributed by atoms with Gasteiger partial charge in [-0.3, -0.25) is 4.79 Å². The third-order valence-corrected chi connectivity index (χ3v) is 3.56. The average Bonchev–Trinajstić information content (AvgIpc) is 2.93. The number of carbonyl (C=O) groups excluding carboxylic acids is 1. The third-order valence-electron chi connectivity index (χ3n) is 3.37. The molecule has 0 radical (unpaired) electrons. The van der Waals surface area contributed by atoms with Crippen LogP contribution in [-0.4, -0.2) is 16.8 Å². The van der Waals surface area contributed by atoms with Gasteiger partial charge in [0, 0.05) is 23.6 Å². The zero-order chi connectivity index (χ0) is 15.5. The Morgan fingerprint density at radius 1 is 1.27 bits per heavy atom. The second-order valence-electron chi connectivity index (χ2n) is 5.00. The van der Waals surface area contributed by atoms with Gasteiger partial charge in [-0.15, -0.1) is 11.6 Å². The van der Waals surface area contributed by atoms with Crippen molar-refractivity contribution in [3.05, 3.63) is 48.0 Å². The van der Waals surface area contributed by atoms with E-state index in [0.29, 0.717) is 11.8 Å². The molecule has 22 heavy (non-hydrogen) atoms. The first-order valence-corrected chi connectivity index (χ1v) is 7.53. The number of amides is 1. The number of rotatable bonds is 4. The summed E-state index contributed by atoms with van der Waals surface area (Å²) in [6, 6.07) is 13.3. The fourth-order valence-electron chi connectivity index (χ4n) is 2.18. The van der Waals surface area contributed by atoms with Gasteiger partial charge in [0.1, 0.15) is 5.52 Å². The van der Waals surface area contributed by atoms with Crippen molar-refractivity contribution < 1.29 is 9.21 Å². The lowest BCUT2D eigenvalue weighted by Gasteiger charge is -2.08. The van der Waals surface area contributed by atoms with Gasteiger partial charge in [0.05, 0.1) is 0 Å². The highest BCUT2D eigenvalue weighted by Gasteiger charge is 2.11. The van der Waals surface area contributed by atoms with Crippen molar-refractivity contribution in [3.8, 4) is 11.5 Å². The van der Waals surface area contributed by atoms with Crippen molar-refractivity contribution in [1.82, 2.24) is 4.98 Å². The van der Waals surface area contributed by atoms with Crippen LogP contribution in [0.3, 0.4) is 0 Å². The lowest BCUT2D eigenvalue weighted by molar-refractivity contribution is -0.115. The van der Waals surface area contributed by atoms with Crippen molar-refractivity contribution in [2.75, 3.05) is 11.2 Å². The van der Waals surface area contributed by atoms with Crippen molar-refractivity contribution >= 4 is 34.3 Å². The standard InChI is InChI=1S/C17H15ClN2O2/c1-11-6-7-12(10-14(11)19-16(21)8-9-18)17-20-13-4-2-3-5-15(13)22-17/h2-7,10H,8-9H2,1H3,(H,19,21). The van der Waals surface area contributed by atoms with Gasteiger partial charge in [-0.1, -0.05) is 18.2 Å². The van der Waals surface area contributed by atoms with Gasteiger partial charge < -0.3 is 9.73 Å². The Morgan fingerprint density at radius 3 is 2.86 bits per heavy atom. The summed E-state index contributed by atoms with van der Waals surface area (Å²) in [6.45, 7) is 1.94. The monoisotopic (exact) mass is 314 g/mol. The van der Waals surface area contributed by atoms with Crippen LogP contribution in [-0.2, 0) is 4.79 Å². The first-order chi connectivity index (χ1) is 10.7. The molecule has 0 saturated carbocycles. The van der Waals surface area contributed by atoms with E-state index < -0.39 is 0 Å². The molecule has 2 aromatic carbocycles. The summed E-state index contributed by atoms with van der Waals surface area (Å²) in [4.78, 5) is 16.2. The third kappa shape index (κ3) is 2.97. The predicted molar refractivity (Wildman–Crippen MR) is 88.1 cm³/mol. The second kappa shape index (κ2) is 6.20. The molecule has 5 heteroatoms. The number of fused-ring (bicyclic) bond motifs is 1. The Morgan fingerprint density at radius 2 is 2.09 bits per heavy atom. The van der Waals surface area contributed by atoms with E-state index in [1.807, 2.05) is 49.4 Å². The van der Waals surface area contributed by atoms with Crippen molar-refractivity contribution in [3.63, 3.8) is 0 Å². The number of anilines is 1. The number of carbonyl (C=O) groups is 1. The number of alkyl halides is 1. The summed E-state index contributed by atoms with van der Waals surface area (Å²) in [5, 5.41) is 2.86. The van der Waals surface area contributed by atoms with Crippen LogP contribution in [0, 0.1) is 6.92 Å². The smallest absolute Gasteiger partial charge is 0.227 e. The fraction of sp³-hybridized carbons (Fsp3) is 0.176. The zero-order valence-electron chi connectivity index (χ0n) is 12.1. The molecule has 0 fully saturated rings. The number of para-hydroxylation sites is 2. The number of nitrogens with zero attached hydrogens (tertiary/aromatic N) is 1. The van der Waals surface area contributed by atoms with Gasteiger partial charge in [-0.05, 0) is 36.8 Å². The highest BCUT2D eigenvalue weighted by molar-refractivity contribution is 6.19. The predicted octanol–water partition coefficient (Wildman–Crippen LogP) is 4.37. The number of hydrogen-bond donors (Lipinski definition) is 1. The number of nitrogens with one attached hydrogen (secondary N) is 1. The topological polar surface area (TPSA) is 55.1 Å². The summed E-state index contributed by atoms with van der Waals surface area (Å²) >= 11 is 5.59. The van der Waals surface area contributed by atoms with Gasteiger partial charge in [-0.25, -0.2) is 4.98 Å². The molecule has 0 unspecified atom stereocenters. The molecular formula is C17H15ClN2O2. The normalized spacial score (nSPS) is 10.8. The maximum absolute atomic E-state index is 11.7. The van der Waals surface area contributed by atoms with Gasteiger partial charge in [0.15, 0.2) is 5.58 Å². The number of benzene rings is 2. The molecule has 4 nitrogen and oxygen atoms in total. The van der Waals surface area contributed by atoms with Crippen molar-refractivity contribution in [2.45, 2.75) is 13.3 Å². The molecule has 1 aromatic heterocycles. The summed E-state index contributed by atoms with van der Waals surface area (Å²) < 4.78 is 5.76. The van der Waals surface area contributed by atoms with Gasteiger partial charge in [0.2, 0.25) is 11.8 Å². The van der Waals surface area contributed by atoms with Gasteiger partial charge in [-0.2, -0.15) is 0 Å². The van der Waals surface area contributed by atoms with E-state index in [0.717, 1.165) is 27.9 Å². The Labute approximate surface area is 133 Å². The summed E-state index contributed by atoms with van der Waals surface area (Å²) in [7, 11) is 0. The Hall–Kier alpha value is -2.33. The molecule has 3 rings (SSSR count). The SMILES string of the molecule is Cc1ccc(-c2nc3ccccc3o2)cc1NC(=O)CCCl. The largest absolute Gasteiger partial charge is 0.436 e. The highest BCUT2D eigenvalue weighted by Crippen LogP contribution is 2.27. The molecule has 0 aliphatic carbocycles. The molecule has 0 spiro atoms. The van der Waals surface area contributed by atoms with Crippen LogP contribution >= 0.6 is 11.6 Å². The van der Waals surface area contributed by atoms with Crippen LogP contribution in [0.25, 0.3) is 22.6 Å². The zero-order valence-corrected chi connectivity index (χ0v) is 12.9. The number of oxazole rings is 1. The van der Waals surface area contributed by atoms with Crippen LogP contribution in [0.15, 0.2) is 46.9 Å². The van der Waals surface area contributed by atoms with Crippen LogP contribution < -0.4 is 5.32 Å². The maximum atomic E-state index is 11.7. The van der Waals surface area contributed by atoms with Crippen LogP contribution in [0.5, 0.6) is 0 Å². The maximum Gasteiger partial charge on any atom is 0.227 e. The van der Waals surface area contributed by atoms with Gasteiger partial charge in [0.25, 0.3) is 0 Å². The quantitative estimate of drug-likeness (QED) is 0.727. The molecule has 0 aliphatic rings. The summed E-state index contributed by atoms with van der Waals surface area (Å²) in [6.07, 6.45) is 0.286. The molecule has 0 aliphatic heterocycles. The average molecular weight is 315 g/mol. The highest BCUT2D eigenvalue weighted by atomic mass is 35.5. The van der Waals surface area contributed by atoms with E-state index in [2.05, 4.69) is 10.3 Å². The first-order valence-electron chi connectivity index (χ1n) is 7.00. The molecular weight excluding hydrogens is 300 g/mol. The van der Waals surface area contributed by atoms with E-state index in [-0.39, 0.29) is 12.3 Å². The molecule has 0 saturated heterocycles. The number of aromatic nitrogens is 1. The molecule has 3 aromatic rings. The first kappa shape index (κ1) is 14.6. The number of aryl methyl sites for hydroxylation is 1. The molecule has 1 N–H and O–H groups in total. The van der Waals surface area contributed by atoms with E-state index in [4.69, 9.17) is 16.0 Å². The van der Waals surface area contributed by atoms with Crippen molar-refractivity contribution in [2.24, 2.45) is 0 Å². The van der Waals surface area contributed by atoms with E-state index in [1.54, 1.807) is 0 Å². The minimum Gasteiger partial charge on any atom is -0.436 e. The lowest BCUT2D eigenvalue weighted by Crippen LogP contribution is -2.12. The molecule has 1 heterocycles. The van der Waals surface area contributed by atoms with Crippen LogP contribution in [0.2, 0.25) is 0 Å². The molecule has 0 bridgehead atoms. The summed E-state index contributed by atoms with van der Waals surface area (Å²) in [5.74, 6) is 0.734. The van der Waals surface area contributed by atoms with Crippen LogP contribution in [0.1, 0.15) is 12.0 Å². The summed E-state index contributed by atoms with van der Waals surface area (Å²) in [5.41, 5.74) is 4.09. The van der Waals surface area contributed by atoms with Crippen molar-refractivity contribution in [1.29, 1.82) is 0 Å².